The van der Waals surface area contributed by atoms with Gasteiger partial charge in [-0.25, -0.2) is 0 Å². The maximum Gasteiger partial charge on any atom is 0.226 e. The predicted octanol–water partition coefficient (Wildman–Crippen LogP) is 4.69. The molecule has 0 aliphatic carbocycles. The number of likely N-dealkylation sites (tertiary alicyclic amines) is 1. The smallest absolute Gasteiger partial charge is 0.226 e. The van der Waals surface area contributed by atoms with Crippen molar-refractivity contribution in [3.63, 3.8) is 0 Å². The highest BCUT2D eigenvalue weighted by molar-refractivity contribution is 5.90. The third-order valence-corrected chi connectivity index (χ3v) is 7.02. The summed E-state index contributed by atoms with van der Waals surface area (Å²) >= 11 is 0. The minimum atomic E-state index is -0.0716. The number of rotatable bonds is 8. The zero-order chi connectivity index (χ0) is 26.2. The van der Waals surface area contributed by atoms with Crippen LogP contribution in [0.3, 0.4) is 0 Å². The Bertz CT molecular complexity index is 1200. The van der Waals surface area contributed by atoms with Crippen molar-refractivity contribution in [2.24, 2.45) is 0 Å². The molecule has 0 aromatic heterocycles. The molecule has 4 rings (SSSR count). The largest absolute Gasteiger partial charge is 0.354 e. The van der Waals surface area contributed by atoms with E-state index in [1.54, 1.807) is 0 Å². The maximum atomic E-state index is 12.8. The van der Waals surface area contributed by atoms with E-state index in [0.717, 1.165) is 30.9 Å². The van der Waals surface area contributed by atoms with Gasteiger partial charge in [0.2, 0.25) is 5.91 Å². The number of anilines is 1. The van der Waals surface area contributed by atoms with Crippen LogP contribution in [0.25, 0.3) is 0 Å². The van der Waals surface area contributed by atoms with Gasteiger partial charge >= 0.3 is 0 Å². The second-order valence-corrected chi connectivity index (χ2v) is 10.2. The van der Waals surface area contributed by atoms with Crippen molar-refractivity contribution in [3.8, 4) is 12.1 Å². The predicted molar refractivity (Wildman–Crippen MR) is 145 cm³/mol. The lowest BCUT2D eigenvalue weighted by Crippen LogP contribution is -2.29. The lowest BCUT2D eigenvalue weighted by Gasteiger charge is -2.26. The molecular weight excluding hydrogens is 460 g/mol. The second-order valence-electron chi connectivity index (χ2n) is 10.2. The van der Waals surface area contributed by atoms with Crippen LogP contribution in [0.2, 0.25) is 0 Å². The first kappa shape index (κ1) is 26.3. The summed E-state index contributed by atoms with van der Waals surface area (Å²) < 4.78 is 0. The van der Waals surface area contributed by atoms with Crippen molar-refractivity contribution in [2.45, 2.75) is 52.6 Å². The number of nitriles is 2. The zero-order valence-corrected chi connectivity index (χ0v) is 22.0. The molecule has 2 aromatic carbocycles. The van der Waals surface area contributed by atoms with Crippen molar-refractivity contribution >= 4 is 11.6 Å². The fourth-order valence-corrected chi connectivity index (χ4v) is 5.43. The lowest BCUT2D eigenvalue weighted by molar-refractivity contribution is -0.116. The molecule has 7 heteroatoms. The Kier molecular flexibility index (Phi) is 8.82. The average Bonchev–Trinajstić information content (AvgIpc) is 3.26. The topological polar surface area (TPSA) is 86.4 Å². The van der Waals surface area contributed by atoms with Crippen LogP contribution in [0.15, 0.2) is 53.9 Å². The van der Waals surface area contributed by atoms with E-state index < -0.39 is 0 Å². The monoisotopic (exact) mass is 496 g/mol. The summed E-state index contributed by atoms with van der Waals surface area (Å²) in [4.78, 5) is 19.4. The summed E-state index contributed by atoms with van der Waals surface area (Å²) in [6, 6.07) is 18.6. The van der Waals surface area contributed by atoms with Crippen LogP contribution in [-0.4, -0.2) is 53.3 Å². The first-order chi connectivity index (χ1) is 17.9. The number of amides is 1. The van der Waals surface area contributed by atoms with E-state index in [-0.39, 0.29) is 17.9 Å². The number of carbonyl (C=O) groups is 1. The fourth-order valence-electron chi connectivity index (χ4n) is 5.43. The van der Waals surface area contributed by atoms with Crippen molar-refractivity contribution in [1.82, 2.24) is 14.7 Å². The van der Waals surface area contributed by atoms with Crippen LogP contribution in [0.5, 0.6) is 0 Å². The molecule has 1 N–H and O–H groups in total. The number of allylic oxidation sites excluding steroid dienone is 1. The van der Waals surface area contributed by atoms with Crippen LogP contribution in [0, 0.1) is 36.5 Å². The number of piperidine rings is 1. The second kappa shape index (κ2) is 12.4. The quantitative estimate of drug-likeness (QED) is 0.534. The van der Waals surface area contributed by atoms with Gasteiger partial charge in [0.25, 0.3) is 0 Å². The lowest BCUT2D eigenvalue weighted by atomic mass is 10.1. The molecular formula is C30H36N6O. The third kappa shape index (κ3) is 7.12. The molecule has 2 aliphatic rings. The van der Waals surface area contributed by atoms with E-state index in [2.05, 4.69) is 71.4 Å². The first-order valence-electron chi connectivity index (χ1n) is 13.2. The number of benzene rings is 2. The molecule has 2 aromatic rings. The maximum absolute atomic E-state index is 12.8. The Morgan fingerprint density at radius 3 is 2.27 bits per heavy atom. The van der Waals surface area contributed by atoms with Gasteiger partial charge in [0.15, 0.2) is 5.57 Å². The number of nitrogens with one attached hydrogen (secondary N) is 1. The van der Waals surface area contributed by atoms with Crippen molar-refractivity contribution in [2.75, 3.05) is 38.0 Å². The van der Waals surface area contributed by atoms with Crippen molar-refractivity contribution in [3.05, 3.63) is 76.1 Å². The van der Waals surface area contributed by atoms with E-state index in [1.165, 1.54) is 36.0 Å². The van der Waals surface area contributed by atoms with E-state index >= 15 is 0 Å². The molecule has 37 heavy (non-hydrogen) atoms. The van der Waals surface area contributed by atoms with Crippen LogP contribution in [-0.2, 0) is 17.9 Å². The Balaban J connectivity index is 1.37. The van der Waals surface area contributed by atoms with Gasteiger partial charge in [0.1, 0.15) is 18.0 Å². The molecule has 0 spiro atoms. The number of hydrogen-bond acceptors (Lipinski definition) is 6. The SMILES string of the molecule is Cc1cc(C)cc(CN2CCN(CCC(=O)Nc3cccc(CN4CCCCC4)c3)C2=C(C#N)C#N)c1. The minimum absolute atomic E-state index is 0.0716. The van der Waals surface area contributed by atoms with Crippen LogP contribution >= 0.6 is 0 Å². The number of carbonyl (C=O) groups excluding carboxylic acids is 1. The highest BCUT2D eigenvalue weighted by atomic mass is 16.1. The minimum Gasteiger partial charge on any atom is -0.354 e. The fraction of sp³-hybridized carbons (Fsp3) is 0.433. The molecule has 2 saturated heterocycles. The molecule has 2 fully saturated rings. The summed E-state index contributed by atoms with van der Waals surface area (Å²) in [5.74, 6) is 0.554. The van der Waals surface area contributed by atoms with Gasteiger partial charge in [-0.3, -0.25) is 9.69 Å². The Morgan fingerprint density at radius 1 is 0.865 bits per heavy atom. The van der Waals surface area contributed by atoms with Gasteiger partial charge in [0.05, 0.1) is 0 Å². The molecule has 0 bridgehead atoms. The van der Waals surface area contributed by atoms with Gasteiger partial charge in [0, 0.05) is 44.8 Å². The summed E-state index contributed by atoms with van der Waals surface area (Å²) in [6.45, 7) is 9.77. The van der Waals surface area contributed by atoms with Crippen LogP contribution in [0.1, 0.15) is 47.9 Å². The van der Waals surface area contributed by atoms with Crippen LogP contribution in [0.4, 0.5) is 5.69 Å². The summed E-state index contributed by atoms with van der Waals surface area (Å²) in [6.07, 6.45) is 4.10. The van der Waals surface area contributed by atoms with E-state index in [4.69, 9.17) is 0 Å². The molecule has 0 saturated carbocycles. The summed E-state index contributed by atoms with van der Waals surface area (Å²) in [5, 5.41) is 22.3. The molecule has 0 unspecified atom stereocenters. The molecule has 2 aliphatic heterocycles. The normalized spacial score (nSPS) is 15.8. The number of hydrogen-bond donors (Lipinski definition) is 1. The molecule has 192 valence electrons. The first-order valence-corrected chi connectivity index (χ1v) is 13.2. The highest BCUT2D eigenvalue weighted by Crippen LogP contribution is 2.25. The van der Waals surface area contributed by atoms with Gasteiger partial charge < -0.3 is 15.1 Å². The Morgan fingerprint density at radius 2 is 1.57 bits per heavy atom. The molecule has 7 nitrogen and oxygen atoms in total. The van der Waals surface area contributed by atoms with Crippen molar-refractivity contribution < 1.29 is 4.79 Å². The average molecular weight is 497 g/mol. The third-order valence-electron chi connectivity index (χ3n) is 7.02. The molecule has 0 atom stereocenters. The zero-order valence-electron chi connectivity index (χ0n) is 22.0. The number of aryl methyl sites for hydroxylation is 2. The van der Waals surface area contributed by atoms with Crippen LogP contribution < -0.4 is 5.32 Å². The van der Waals surface area contributed by atoms with Gasteiger partial charge in [-0.2, -0.15) is 10.5 Å². The highest BCUT2D eigenvalue weighted by Gasteiger charge is 2.29. The van der Waals surface area contributed by atoms with Crippen molar-refractivity contribution in [1.29, 1.82) is 10.5 Å². The van der Waals surface area contributed by atoms with E-state index in [1.807, 2.05) is 17.0 Å². The van der Waals surface area contributed by atoms with Gasteiger partial charge in [-0.1, -0.05) is 47.9 Å². The van der Waals surface area contributed by atoms with E-state index in [9.17, 15) is 15.3 Å². The molecule has 2 heterocycles. The van der Waals surface area contributed by atoms with E-state index in [0.29, 0.717) is 32.0 Å². The Hall–Kier alpha value is -3.81. The molecule has 1 amide bonds. The van der Waals surface area contributed by atoms with Gasteiger partial charge in [-0.15, -0.1) is 0 Å². The van der Waals surface area contributed by atoms with Gasteiger partial charge in [-0.05, 0) is 63.0 Å². The number of nitrogens with zero attached hydrogens (tertiary/aromatic N) is 5. The Labute approximate surface area is 220 Å². The molecule has 0 radical (unpaired) electrons. The summed E-state index contributed by atoms with van der Waals surface area (Å²) in [7, 11) is 0. The summed E-state index contributed by atoms with van der Waals surface area (Å²) in [5.41, 5.74) is 5.63. The standard InChI is InChI=1S/C30H36N6O/c1-23-15-24(2)17-26(16-23)22-36-14-13-35(30(36)27(19-31)20-32)12-9-29(37)33-28-8-6-7-25(18-28)21-34-10-4-3-5-11-34/h6-8,15-18H,3-5,9-14,21-22H2,1-2H3,(H,33,37).